The van der Waals surface area contributed by atoms with Gasteiger partial charge in [0.15, 0.2) is 0 Å². The third-order valence-corrected chi connectivity index (χ3v) is 7.76. The molecule has 0 aliphatic heterocycles. The van der Waals surface area contributed by atoms with Crippen LogP contribution < -0.4 is 11.1 Å². The molecule has 4 rings (SSSR count). The lowest BCUT2D eigenvalue weighted by Gasteiger charge is -2.10. The van der Waals surface area contributed by atoms with Crippen molar-refractivity contribution in [3.63, 3.8) is 0 Å². The maximum atomic E-state index is 14.3. The molecule has 4 aromatic rings. The van der Waals surface area contributed by atoms with E-state index in [2.05, 4.69) is 5.32 Å². The van der Waals surface area contributed by atoms with Crippen molar-refractivity contribution in [3.05, 3.63) is 101 Å². The van der Waals surface area contributed by atoms with Crippen molar-refractivity contribution >= 4 is 43.3 Å². The van der Waals surface area contributed by atoms with Crippen LogP contribution in [0.1, 0.15) is 15.2 Å². The molecule has 32 heavy (non-hydrogen) atoms. The van der Waals surface area contributed by atoms with E-state index in [0.29, 0.717) is 0 Å². The summed E-state index contributed by atoms with van der Waals surface area (Å²) < 4.78 is 54.3. The molecule has 3 N–H and O–H groups in total. The van der Waals surface area contributed by atoms with Crippen LogP contribution >= 0.6 is 11.3 Å². The Morgan fingerprint density at radius 3 is 2.16 bits per heavy atom. The summed E-state index contributed by atoms with van der Waals surface area (Å²) in [6.45, 7) is 0. The lowest BCUT2D eigenvalue weighted by atomic mass is 10.1. The second kappa shape index (κ2) is 8.52. The summed E-state index contributed by atoms with van der Waals surface area (Å²) in [5, 5.41) is 2.77. The van der Waals surface area contributed by atoms with Crippen molar-refractivity contribution in [2.45, 2.75) is 9.79 Å². The highest BCUT2D eigenvalue weighted by molar-refractivity contribution is 7.92. The number of halogens is 2. The van der Waals surface area contributed by atoms with E-state index in [1.807, 2.05) is 0 Å². The zero-order chi connectivity index (χ0) is 22.9. The van der Waals surface area contributed by atoms with Gasteiger partial charge in [-0.3, -0.25) is 4.79 Å². The van der Waals surface area contributed by atoms with E-state index in [9.17, 15) is 22.0 Å². The summed E-state index contributed by atoms with van der Waals surface area (Å²) in [6, 6.07) is 18.1. The second-order valence-corrected chi connectivity index (χ2v) is 9.67. The first-order valence-electron chi connectivity index (χ1n) is 9.33. The molecule has 0 fully saturated rings. The number of sulfone groups is 1. The largest absolute Gasteiger partial charge is 0.396 e. The molecule has 0 unspecified atom stereocenters. The van der Waals surface area contributed by atoms with Crippen LogP contribution in [0.3, 0.4) is 0 Å². The van der Waals surface area contributed by atoms with Crippen LogP contribution in [-0.2, 0) is 9.84 Å². The zero-order valence-corrected chi connectivity index (χ0v) is 18.0. The van der Waals surface area contributed by atoms with Crippen LogP contribution in [0.2, 0.25) is 0 Å². The quantitative estimate of drug-likeness (QED) is 0.368. The molecule has 5 nitrogen and oxygen atoms in total. The van der Waals surface area contributed by atoms with Crippen LogP contribution in [0.5, 0.6) is 0 Å². The van der Waals surface area contributed by atoms with Crippen molar-refractivity contribution in [3.8, 4) is 0 Å². The fraction of sp³-hybridized carbons (Fsp3) is 0. The summed E-state index contributed by atoms with van der Waals surface area (Å²) in [6.07, 6.45) is 0. The number of ketones is 1. The number of nitrogens with one attached hydrogen (secondary N) is 1. The van der Waals surface area contributed by atoms with E-state index in [1.54, 1.807) is 24.3 Å². The number of rotatable bonds is 6. The monoisotopic (exact) mass is 470 g/mol. The molecular formula is C23H16F2N2O3S2. The number of nitrogens with two attached hydrogens (primary N) is 1. The lowest BCUT2D eigenvalue weighted by molar-refractivity contribution is 0.104. The first kappa shape index (κ1) is 21.7. The first-order chi connectivity index (χ1) is 15.3. The fourth-order valence-corrected chi connectivity index (χ4v) is 6.03. The Hall–Kier alpha value is -3.56. The number of carbonyl (C=O) groups is 1. The minimum Gasteiger partial charge on any atom is -0.396 e. The third kappa shape index (κ3) is 4.00. The fourth-order valence-electron chi connectivity index (χ4n) is 3.08. The number of anilines is 3. The predicted molar refractivity (Wildman–Crippen MR) is 120 cm³/mol. The van der Waals surface area contributed by atoms with Crippen LogP contribution in [0.4, 0.5) is 25.2 Å². The SMILES string of the molecule is Nc1c(C(=O)c2ccc(F)cc2)sc(Nc2ccccc2F)c1S(=O)(=O)c1ccccc1. The first-order valence-corrected chi connectivity index (χ1v) is 11.6. The third-order valence-electron chi connectivity index (χ3n) is 4.66. The number of nitrogen functional groups attached to an aromatic ring is 1. The summed E-state index contributed by atoms with van der Waals surface area (Å²) in [5.41, 5.74) is 6.10. The highest BCUT2D eigenvalue weighted by atomic mass is 32.2. The van der Waals surface area contributed by atoms with Gasteiger partial charge >= 0.3 is 0 Å². The molecule has 0 aliphatic rings. The molecule has 162 valence electrons. The molecule has 0 amide bonds. The molecule has 0 spiro atoms. The van der Waals surface area contributed by atoms with E-state index in [1.165, 1.54) is 42.5 Å². The minimum atomic E-state index is -4.15. The molecule has 3 aromatic carbocycles. The molecule has 0 radical (unpaired) electrons. The van der Waals surface area contributed by atoms with Gasteiger partial charge in [-0.2, -0.15) is 0 Å². The molecule has 0 saturated heterocycles. The van der Waals surface area contributed by atoms with E-state index < -0.39 is 27.3 Å². The van der Waals surface area contributed by atoms with Crippen LogP contribution in [0.15, 0.2) is 88.7 Å². The van der Waals surface area contributed by atoms with Gasteiger partial charge in [0.25, 0.3) is 0 Å². The van der Waals surface area contributed by atoms with Gasteiger partial charge in [-0.1, -0.05) is 30.3 Å². The molecule has 0 aliphatic carbocycles. The molecule has 0 atom stereocenters. The summed E-state index contributed by atoms with van der Waals surface area (Å²) in [7, 11) is -4.15. The number of hydrogen-bond donors (Lipinski definition) is 2. The van der Waals surface area contributed by atoms with Gasteiger partial charge in [-0.05, 0) is 48.5 Å². The smallest absolute Gasteiger partial charge is 0.211 e. The maximum Gasteiger partial charge on any atom is 0.211 e. The summed E-state index contributed by atoms with van der Waals surface area (Å²) in [5.74, 6) is -1.69. The van der Waals surface area contributed by atoms with E-state index >= 15 is 0 Å². The number of hydrogen-bond acceptors (Lipinski definition) is 6. The van der Waals surface area contributed by atoms with Crippen LogP contribution in [-0.4, -0.2) is 14.2 Å². The Morgan fingerprint density at radius 1 is 0.875 bits per heavy atom. The zero-order valence-electron chi connectivity index (χ0n) is 16.4. The van der Waals surface area contributed by atoms with E-state index in [4.69, 9.17) is 5.73 Å². The number of carbonyl (C=O) groups excluding carboxylic acids is 1. The Morgan fingerprint density at radius 2 is 1.50 bits per heavy atom. The Labute approximate surface area is 187 Å². The van der Waals surface area contributed by atoms with Crippen molar-refractivity contribution < 1.29 is 22.0 Å². The highest BCUT2D eigenvalue weighted by Crippen LogP contribution is 2.44. The van der Waals surface area contributed by atoms with Crippen LogP contribution in [0.25, 0.3) is 0 Å². The second-order valence-electron chi connectivity index (χ2n) is 6.76. The van der Waals surface area contributed by atoms with Gasteiger partial charge in [0, 0.05) is 5.56 Å². The Balaban J connectivity index is 1.89. The Bertz CT molecular complexity index is 1400. The standard InChI is InChI=1S/C23H16F2N2O3S2/c24-15-12-10-14(11-13-15)20(28)21-19(26)22(32(29,30)16-6-2-1-3-7-16)23(31-21)27-18-9-5-4-8-17(18)25/h1-13,27H,26H2. The number of benzene rings is 3. The van der Waals surface area contributed by atoms with Crippen molar-refractivity contribution in [1.82, 2.24) is 0 Å². The van der Waals surface area contributed by atoms with Gasteiger partial charge in [0.2, 0.25) is 15.6 Å². The van der Waals surface area contributed by atoms with Gasteiger partial charge < -0.3 is 11.1 Å². The molecule has 0 saturated carbocycles. The molecule has 1 heterocycles. The van der Waals surface area contributed by atoms with Crippen molar-refractivity contribution in [2.75, 3.05) is 11.1 Å². The molecule has 9 heteroatoms. The topological polar surface area (TPSA) is 89.3 Å². The average molecular weight is 471 g/mol. The van der Waals surface area contributed by atoms with Crippen molar-refractivity contribution in [1.29, 1.82) is 0 Å². The highest BCUT2D eigenvalue weighted by Gasteiger charge is 2.31. The maximum absolute atomic E-state index is 14.3. The van der Waals surface area contributed by atoms with E-state index in [0.717, 1.165) is 23.5 Å². The molecule has 1 aromatic heterocycles. The Kier molecular flexibility index (Phi) is 5.77. The normalized spacial score (nSPS) is 11.3. The number of thiophene rings is 1. The van der Waals surface area contributed by atoms with Crippen LogP contribution in [0, 0.1) is 11.6 Å². The lowest BCUT2D eigenvalue weighted by Crippen LogP contribution is -2.08. The van der Waals surface area contributed by atoms with E-state index in [-0.39, 0.29) is 36.6 Å². The minimum absolute atomic E-state index is 0.00177. The van der Waals surface area contributed by atoms with Gasteiger partial charge in [0.05, 0.1) is 16.3 Å². The molecular weight excluding hydrogens is 454 g/mol. The molecule has 0 bridgehead atoms. The van der Waals surface area contributed by atoms with Gasteiger partial charge in [-0.15, -0.1) is 11.3 Å². The summed E-state index contributed by atoms with van der Waals surface area (Å²) >= 11 is 0.793. The average Bonchev–Trinajstić information content (AvgIpc) is 3.12. The predicted octanol–water partition coefficient (Wildman–Crippen LogP) is 5.42. The van der Waals surface area contributed by atoms with Gasteiger partial charge in [0.1, 0.15) is 26.4 Å². The van der Waals surface area contributed by atoms with Crippen molar-refractivity contribution in [2.24, 2.45) is 0 Å². The summed E-state index contributed by atoms with van der Waals surface area (Å²) in [4.78, 5) is 12.6. The van der Waals surface area contributed by atoms with Gasteiger partial charge in [-0.25, -0.2) is 17.2 Å². The number of para-hydroxylation sites is 1.